The maximum Gasteiger partial charge on any atom is 0.274 e. The molecule has 0 aliphatic heterocycles. The lowest BCUT2D eigenvalue weighted by molar-refractivity contribution is 0.304. The molecule has 17 heavy (non-hydrogen) atoms. The van der Waals surface area contributed by atoms with E-state index in [-0.39, 0.29) is 11.5 Å². The Morgan fingerprint density at radius 3 is 2.29 bits per heavy atom. The Hall–Kier alpha value is -0.910. The van der Waals surface area contributed by atoms with Crippen LogP contribution in [0.3, 0.4) is 0 Å². The van der Waals surface area contributed by atoms with Crippen molar-refractivity contribution in [1.82, 2.24) is 4.72 Å². The van der Waals surface area contributed by atoms with Crippen molar-refractivity contribution in [2.75, 3.05) is 0 Å². The number of rotatable bonds is 3. The second-order valence-electron chi connectivity index (χ2n) is 5.38. The fourth-order valence-electron chi connectivity index (χ4n) is 1.76. The van der Waals surface area contributed by atoms with Crippen LogP contribution >= 0.6 is 0 Å². The van der Waals surface area contributed by atoms with Crippen molar-refractivity contribution in [1.29, 1.82) is 0 Å². The Kier molecular flexibility index (Phi) is 3.96. The Bertz CT molecular complexity index is 489. The first kappa shape index (κ1) is 14.2. The van der Waals surface area contributed by atoms with Gasteiger partial charge in [-0.25, -0.2) is 5.14 Å². The van der Waals surface area contributed by atoms with Gasteiger partial charge >= 0.3 is 0 Å². The van der Waals surface area contributed by atoms with Crippen molar-refractivity contribution >= 4 is 10.2 Å². The molecule has 1 unspecified atom stereocenters. The predicted molar refractivity (Wildman–Crippen MR) is 69.6 cm³/mol. The third-order valence-electron chi connectivity index (χ3n) is 2.52. The third kappa shape index (κ3) is 4.46. The SMILES string of the molecule is Cc1cccc(C(NS(N)(=O)=O)C(C)(C)C)c1. The normalized spacial score (nSPS) is 14.6. The van der Waals surface area contributed by atoms with E-state index in [1.165, 1.54) is 0 Å². The number of nitrogens with two attached hydrogens (primary N) is 1. The molecule has 0 aliphatic carbocycles. The highest BCUT2D eigenvalue weighted by Gasteiger charge is 2.29. The molecule has 0 heterocycles. The molecular formula is C12H20N2O2S. The molecule has 0 radical (unpaired) electrons. The maximum absolute atomic E-state index is 11.2. The van der Waals surface area contributed by atoms with Crippen LogP contribution in [0.2, 0.25) is 0 Å². The number of aryl methyl sites for hydroxylation is 1. The Morgan fingerprint density at radius 2 is 1.88 bits per heavy atom. The van der Waals surface area contributed by atoms with Gasteiger partial charge in [-0.2, -0.15) is 13.1 Å². The van der Waals surface area contributed by atoms with Gasteiger partial charge in [0.05, 0.1) is 6.04 Å². The van der Waals surface area contributed by atoms with Crippen molar-refractivity contribution in [2.24, 2.45) is 10.6 Å². The average Bonchev–Trinajstić information content (AvgIpc) is 2.11. The van der Waals surface area contributed by atoms with Crippen LogP contribution in [0.1, 0.15) is 37.9 Å². The first-order valence-electron chi connectivity index (χ1n) is 5.46. The summed E-state index contributed by atoms with van der Waals surface area (Å²) in [6, 6.07) is 7.42. The molecule has 0 aromatic heterocycles. The van der Waals surface area contributed by atoms with Crippen LogP contribution in [0, 0.1) is 12.3 Å². The summed E-state index contributed by atoms with van der Waals surface area (Å²) >= 11 is 0. The minimum absolute atomic E-state index is 0.250. The topological polar surface area (TPSA) is 72.2 Å². The summed E-state index contributed by atoms with van der Waals surface area (Å²) in [6.07, 6.45) is 0. The van der Waals surface area contributed by atoms with Crippen LogP contribution in [0.25, 0.3) is 0 Å². The van der Waals surface area contributed by atoms with Crippen LogP contribution in [-0.2, 0) is 10.2 Å². The van der Waals surface area contributed by atoms with E-state index in [0.717, 1.165) is 11.1 Å². The van der Waals surface area contributed by atoms with E-state index in [0.29, 0.717) is 0 Å². The largest absolute Gasteiger partial charge is 0.274 e. The predicted octanol–water partition coefficient (Wildman–Crippen LogP) is 1.88. The molecule has 0 fully saturated rings. The van der Waals surface area contributed by atoms with Gasteiger partial charge in [0.2, 0.25) is 0 Å². The van der Waals surface area contributed by atoms with E-state index in [1.54, 1.807) is 0 Å². The van der Waals surface area contributed by atoms with Gasteiger partial charge in [0.15, 0.2) is 0 Å². The molecule has 3 N–H and O–H groups in total. The van der Waals surface area contributed by atoms with Crippen molar-refractivity contribution in [3.05, 3.63) is 35.4 Å². The molecule has 1 rings (SSSR count). The van der Waals surface area contributed by atoms with E-state index in [2.05, 4.69) is 4.72 Å². The molecule has 0 bridgehead atoms. The summed E-state index contributed by atoms with van der Waals surface area (Å²) < 4.78 is 24.9. The van der Waals surface area contributed by atoms with Crippen LogP contribution in [0.15, 0.2) is 24.3 Å². The van der Waals surface area contributed by atoms with Crippen LogP contribution in [-0.4, -0.2) is 8.42 Å². The molecule has 0 saturated carbocycles. The fraction of sp³-hybridized carbons (Fsp3) is 0.500. The highest BCUT2D eigenvalue weighted by Crippen LogP contribution is 2.33. The molecule has 0 aliphatic rings. The first-order chi connectivity index (χ1) is 7.59. The van der Waals surface area contributed by atoms with Gasteiger partial charge in [-0.15, -0.1) is 0 Å². The Balaban J connectivity index is 3.16. The Labute approximate surface area is 103 Å². The summed E-state index contributed by atoms with van der Waals surface area (Å²) in [5.74, 6) is 0. The zero-order valence-electron chi connectivity index (χ0n) is 10.7. The zero-order valence-corrected chi connectivity index (χ0v) is 11.5. The third-order valence-corrected chi connectivity index (χ3v) is 3.09. The molecule has 1 aromatic carbocycles. The number of hydrogen-bond donors (Lipinski definition) is 2. The maximum atomic E-state index is 11.2. The molecule has 0 amide bonds. The van der Waals surface area contributed by atoms with Gasteiger partial charge in [-0.1, -0.05) is 50.6 Å². The zero-order chi connectivity index (χ0) is 13.3. The molecule has 1 atom stereocenters. The average molecular weight is 256 g/mol. The second kappa shape index (κ2) is 4.76. The highest BCUT2D eigenvalue weighted by molar-refractivity contribution is 7.87. The van der Waals surface area contributed by atoms with Gasteiger partial charge in [-0.05, 0) is 17.9 Å². The lowest BCUT2D eigenvalue weighted by Crippen LogP contribution is -2.40. The monoisotopic (exact) mass is 256 g/mol. The lowest BCUT2D eigenvalue weighted by atomic mass is 9.83. The molecule has 0 saturated heterocycles. The summed E-state index contributed by atoms with van der Waals surface area (Å²) in [5, 5.41) is 5.07. The summed E-state index contributed by atoms with van der Waals surface area (Å²) in [7, 11) is -3.72. The Morgan fingerprint density at radius 1 is 1.29 bits per heavy atom. The molecule has 5 heteroatoms. The summed E-state index contributed by atoms with van der Waals surface area (Å²) in [4.78, 5) is 0. The molecule has 96 valence electrons. The van der Waals surface area contributed by atoms with Crippen molar-refractivity contribution < 1.29 is 8.42 Å². The van der Waals surface area contributed by atoms with Gasteiger partial charge in [0.1, 0.15) is 0 Å². The summed E-state index contributed by atoms with van der Waals surface area (Å²) in [5.41, 5.74) is 1.76. The van der Waals surface area contributed by atoms with Gasteiger partial charge in [0, 0.05) is 0 Å². The van der Waals surface area contributed by atoms with Crippen LogP contribution < -0.4 is 9.86 Å². The van der Waals surface area contributed by atoms with E-state index in [9.17, 15) is 8.42 Å². The molecule has 0 spiro atoms. The molecular weight excluding hydrogens is 236 g/mol. The second-order valence-corrected chi connectivity index (χ2v) is 6.70. The summed E-state index contributed by atoms with van der Waals surface area (Å²) in [6.45, 7) is 7.88. The molecule has 4 nitrogen and oxygen atoms in total. The van der Waals surface area contributed by atoms with Gasteiger partial charge in [-0.3, -0.25) is 0 Å². The minimum Gasteiger partial charge on any atom is -0.216 e. The van der Waals surface area contributed by atoms with Crippen molar-refractivity contribution in [3.8, 4) is 0 Å². The molecule has 1 aromatic rings. The number of hydrogen-bond acceptors (Lipinski definition) is 2. The number of benzene rings is 1. The smallest absolute Gasteiger partial charge is 0.216 e. The highest BCUT2D eigenvalue weighted by atomic mass is 32.2. The van der Waals surface area contributed by atoms with E-state index in [1.807, 2.05) is 52.0 Å². The lowest BCUT2D eigenvalue weighted by Gasteiger charge is -2.31. The van der Waals surface area contributed by atoms with Gasteiger partial charge in [0.25, 0.3) is 10.2 Å². The van der Waals surface area contributed by atoms with Gasteiger partial charge < -0.3 is 0 Å². The number of nitrogens with one attached hydrogen (secondary N) is 1. The van der Waals surface area contributed by atoms with E-state index in [4.69, 9.17) is 5.14 Å². The fourth-order valence-corrected chi connectivity index (χ4v) is 2.58. The first-order valence-corrected chi connectivity index (χ1v) is 7.01. The minimum atomic E-state index is -3.72. The van der Waals surface area contributed by atoms with Crippen molar-refractivity contribution in [3.63, 3.8) is 0 Å². The van der Waals surface area contributed by atoms with E-state index >= 15 is 0 Å². The van der Waals surface area contributed by atoms with Crippen LogP contribution in [0.5, 0.6) is 0 Å². The standard InChI is InChI=1S/C12H20N2O2S/c1-9-6-5-7-10(8-9)11(12(2,3)4)14-17(13,15)16/h5-8,11,14H,1-4H3,(H2,13,15,16). The van der Waals surface area contributed by atoms with Crippen LogP contribution in [0.4, 0.5) is 0 Å². The van der Waals surface area contributed by atoms with E-state index < -0.39 is 10.2 Å². The quantitative estimate of drug-likeness (QED) is 0.866. The van der Waals surface area contributed by atoms with Crippen molar-refractivity contribution in [2.45, 2.75) is 33.7 Å².